The van der Waals surface area contributed by atoms with Crippen molar-refractivity contribution < 1.29 is 77.6 Å². The number of benzene rings is 2. The fraction of sp³-hybridized carbons (Fsp3) is 0.536. The molecule has 6 rings (SSSR count). The summed E-state index contributed by atoms with van der Waals surface area (Å²) < 4.78 is 0. The summed E-state index contributed by atoms with van der Waals surface area (Å²) in [6.07, 6.45) is 2.63. The first kappa shape index (κ1) is 82.4. The topological polar surface area (TPSA) is 487 Å². The normalized spacial score (nSPS) is 23.6. The first-order chi connectivity index (χ1) is 48.6. The average molecular weight is 1470 g/mol. The molecule has 562 valence electrons. The van der Waals surface area contributed by atoms with Gasteiger partial charge in [0.25, 0.3) is 0 Å². The molecule has 0 unspecified atom stereocenters. The maximum Gasteiger partial charge on any atom is 0.328 e. The molecule has 4 heterocycles. The third-order valence-electron chi connectivity index (χ3n) is 16.6. The predicted molar refractivity (Wildman–Crippen MR) is 386 cm³/mol. The molecule has 1 aliphatic heterocycles. The van der Waals surface area contributed by atoms with E-state index in [1.165, 1.54) is 19.4 Å². The van der Waals surface area contributed by atoms with Crippen LogP contribution >= 0.6 is 21.6 Å². The predicted octanol–water partition coefficient (Wildman–Crippen LogP) is 0.614. The Balaban J connectivity index is 1.41. The molecule has 11 amide bonds. The van der Waals surface area contributed by atoms with Gasteiger partial charge in [0.2, 0.25) is 65.0 Å². The minimum absolute atomic E-state index is 0.000899. The summed E-state index contributed by atoms with van der Waals surface area (Å²) in [5.41, 5.74) is 2.14. The number of aliphatic hydroxyl groups is 1. The van der Waals surface area contributed by atoms with E-state index in [9.17, 15) is 77.6 Å². The smallest absolute Gasteiger partial charge is 0.328 e. The molecule has 3 aromatic heterocycles. The van der Waals surface area contributed by atoms with Crippen LogP contribution in [0.5, 0.6) is 0 Å². The zero-order valence-electron chi connectivity index (χ0n) is 59.6. The molecule has 1 saturated heterocycles. The summed E-state index contributed by atoms with van der Waals surface area (Å²) in [5, 5.41) is 63.7. The number of hydrogen-bond donors (Lipinski definition) is 18. The van der Waals surface area contributed by atoms with E-state index in [2.05, 4.69) is 83.7 Å². The Labute approximate surface area is 604 Å². The number of carbonyl (C=O) groups is 13. The van der Waals surface area contributed by atoms with Crippen LogP contribution in [0, 0.1) is 17.8 Å². The van der Waals surface area contributed by atoms with Crippen LogP contribution in [0.15, 0.2) is 73.4 Å². The van der Waals surface area contributed by atoms with Gasteiger partial charge in [-0.3, -0.25) is 57.5 Å². The van der Waals surface area contributed by atoms with Gasteiger partial charge in [0, 0.05) is 88.8 Å². The third kappa shape index (κ3) is 25.7. The molecule has 1 fully saturated rings. The van der Waals surface area contributed by atoms with E-state index in [4.69, 9.17) is 0 Å². The maximum atomic E-state index is 15.0. The lowest BCUT2D eigenvalue weighted by molar-refractivity contribution is -0.145. The van der Waals surface area contributed by atoms with Crippen molar-refractivity contribution in [1.82, 2.24) is 83.7 Å². The van der Waals surface area contributed by atoms with Crippen LogP contribution in [-0.4, -0.2) is 208 Å². The third-order valence-corrected chi connectivity index (χ3v) is 19.1. The molecule has 34 heteroatoms. The standard InChI is InChI=1S/C69H98N16O16S2/c1-34(2)22-47-59(91)73-30-54(87)76-46(20-21-55(88)89)60(92)79-48(23-35(3)4)64(96)83-56(36(5)6)67(99)81-50(25-40-28-72-45-19-15-13-17-43(40)45)62(94)82-52(65(97)84-57(38(8)86)68(100)101)31-102-103-32-53(85-69(9,10)11)66(98)75-37(7)58(90)77-49(24-39-27-71-44-18-14-12-16-42(39)44)61(93)80-51(63(95)78-47)26-41-29-70-33-74-41/h12-19,27-29,33-38,46-53,56-57,71-72,85-86H,20-26,30-32H2,1-11H3,(H,70,74)(H,73,91)(H,75,98)(H,76,87)(H,77,90)(H,78,95)(H,79,92)(H,80,93)(H,81,99)(H,82,94)(H,83,96)(H,84,97)(H,88,89)(H,100,101)/t37-,38+,46-,47-,48-,49-,50-,51-,52-,53-,56-,57-/m0/s1. The summed E-state index contributed by atoms with van der Waals surface area (Å²) >= 11 is 0. The number of aromatic nitrogens is 4. The van der Waals surface area contributed by atoms with Gasteiger partial charge in [0.1, 0.15) is 54.4 Å². The fourth-order valence-electron chi connectivity index (χ4n) is 11.3. The van der Waals surface area contributed by atoms with Crippen LogP contribution in [0.4, 0.5) is 0 Å². The number of H-pyrrole nitrogens is 3. The van der Waals surface area contributed by atoms with E-state index < -0.39 is 180 Å². The number of para-hydroxylation sites is 2. The summed E-state index contributed by atoms with van der Waals surface area (Å²) in [4.78, 5) is 197. The molecule has 18 N–H and O–H groups in total. The fourth-order valence-corrected chi connectivity index (χ4v) is 13.7. The lowest BCUT2D eigenvalue weighted by Gasteiger charge is -2.29. The molecule has 32 nitrogen and oxygen atoms in total. The van der Waals surface area contributed by atoms with Crippen molar-refractivity contribution in [2.45, 2.75) is 199 Å². The van der Waals surface area contributed by atoms with Gasteiger partial charge in [-0.1, -0.05) is 99.5 Å². The number of hydrogen-bond acceptors (Lipinski definition) is 18. The number of carboxylic acid groups (broad SMARTS) is 2. The molecular formula is C69H98N16O16S2. The number of rotatable bonds is 19. The van der Waals surface area contributed by atoms with Crippen molar-refractivity contribution >= 4 is 120 Å². The molecule has 103 heavy (non-hydrogen) atoms. The summed E-state index contributed by atoms with van der Waals surface area (Å²) in [6, 6.07) is -1.88. The average Bonchev–Trinajstić information content (AvgIpc) is 1.69. The Morgan fingerprint density at radius 2 is 1.07 bits per heavy atom. The number of aromatic amines is 3. The second-order valence-corrected chi connectivity index (χ2v) is 30.4. The molecule has 1 aliphatic rings. The molecule has 0 aliphatic carbocycles. The molecular weight excluding hydrogens is 1370 g/mol. The summed E-state index contributed by atoms with van der Waals surface area (Å²) in [7, 11) is 2.04. The van der Waals surface area contributed by atoms with Gasteiger partial charge in [-0.05, 0) is 94.9 Å². The summed E-state index contributed by atoms with van der Waals surface area (Å²) in [6.45, 7) is 17.3. The highest BCUT2D eigenvalue weighted by atomic mass is 33.1. The van der Waals surface area contributed by atoms with Gasteiger partial charge < -0.3 is 94.1 Å². The molecule has 12 atom stereocenters. The van der Waals surface area contributed by atoms with E-state index in [1.54, 1.807) is 111 Å². The van der Waals surface area contributed by atoms with Crippen LogP contribution < -0.4 is 63.8 Å². The Hall–Kier alpha value is -9.54. The highest BCUT2D eigenvalue weighted by Gasteiger charge is 2.38. The van der Waals surface area contributed by atoms with Crippen molar-refractivity contribution in [2.75, 3.05) is 18.1 Å². The quantitative estimate of drug-likeness (QED) is 0.0504. The van der Waals surface area contributed by atoms with Gasteiger partial charge in [-0.25, -0.2) is 9.78 Å². The Morgan fingerprint density at radius 3 is 1.58 bits per heavy atom. The molecule has 5 aromatic rings. The lowest BCUT2D eigenvalue weighted by atomic mass is 9.98. The van der Waals surface area contributed by atoms with Crippen LogP contribution in [0.25, 0.3) is 21.8 Å². The number of carboxylic acids is 2. The molecule has 0 saturated carbocycles. The molecule has 2 aromatic carbocycles. The van der Waals surface area contributed by atoms with Crippen LogP contribution in [-0.2, 0) is 81.6 Å². The van der Waals surface area contributed by atoms with Gasteiger partial charge in [0.05, 0.1) is 25.0 Å². The van der Waals surface area contributed by atoms with Crippen molar-refractivity contribution in [3.63, 3.8) is 0 Å². The van der Waals surface area contributed by atoms with E-state index in [0.717, 1.165) is 28.5 Å². The number of aliphatic carboxylic acids is 2. The zero-order chi connectivity index (χ0) is 76.0. The van der Waals surface area contributed by atoms with Gasteiger partial charge in [0.15, 0.2) is 6.04 Å². The number of aliphatic hydroxyl groups excluding tert-OH is 1. The van der Waals surface area contributed by atoms with Crippen LogP contribution in [0.1, 0.15) is 119 Å². The van der Waals surface area contributed by atoms with E-state index in [-0.39, 0.29) is 55.4 Å². The zero-order valence-corrected chi connectivity index (χ0v) is 61.2. The van der Waals surface area contributed by atoms with Crippen LogP contribution in [0.3, 0.4) is 0 Å². The molecule has 0 spiro atoms. The minimum Gasteiger partial charge on any atom is -0.481 e. The van der Waals surface area contributed by atoms with Gasteiger partial charge in [-0.2, -0.15) is 0 Å². The SMILES string of the molecule is CC(C)C[C@@H]1NC(=O)[C@H](Cc2cnc[nH]2)NC(=O)[C@H](Cc2c[nH]c3ccccc23)NC(=O)[C@H](C)NC(=O)[C@@H](NC(C)(C)C)CSSC[C@@H](C(=O)N[C@H](C(=O)O)[C@@H](C)O)NC(=O)[C@H](Cc2c[nH]c3ccccc23)NC(=O)[C@H](C(C)C)NC(=O)[C@H](CC(C)C)NC(=O)[C@H](CCC(=O)O)NC(=O)CNC1=O. The van der Waals surface area contributed by atoms with Crippen molar-refractivity contribution in [3.8, 4) is 0 Å². The van der Waals surface area contributed by atoms with Crippen molar-refractivity contribution in [3.05, 3.63) is 90.3 Å². The van der Waals surface area contributed by atoms with E-state index in [1.807, 2.05) is 12.1 Å². The second-order valence-electron chi connectivity index (χ2n) is 27.8. The Kier molecular flexibility index (Phi) is 30.9. The lowest BCUT2D eigenvalue weighted by Crippen LogP contribution is -2.61. The van der Waals surface area contributed by atoms with Gasteiger partial charge in [-0.15, -0.1) is 0 Å². The van der Waals surface area contributed by atoms with Crippen molar-refractivity contribution in [2.24, 2.45) is 17.8 Å². The number of amides is 11. The minimum atomic E-state index is -1.86. The number of carbonyl (C=O) groups excluding carboxylic acids is 11. The highest BCUT2D eigenvalue weighted by Crippen LogP contribution is 2.26. The Morgan fingerprint density at radius 1 is 0.573 bits per heavy atom. The van der Waals surface area contributed by atoms with Crippen LogP contribution in [0.2, 0.25) is 0 Å². The molecule has 0 radical (unpaired) electrons. The first-order valence-corrected chi connectivity index (χ1v) is 36.6. The monoisotopic (exact) mass is 1470 g/mol. The number of fused-ring (bicyclic) bond motifs is 2. The van der Waals surface area contributed by atoms with Crippen molar-refractivity contribution in [1.29, 1.82) is 0 Å². The Bertz CT molecular complexity index is 3800. The second kappa shape index (κ2) is 38.6. The van der Waals surface area contributed by atoms with E-state index >= 15 is 0 Å². The number of nitrogens with zero attached hydrogens (tertiary/aromatic N) is 1. The first-order valence-electron chi connectivity index (χ1n) is 34.1. The van der Waals surface area contributed by atoms with Gasteiger partial charge >= 0.3 is 11.9 Å². The van der Waals surface area contributed by atoms with E-state index in [0.29, 0.717) is 38.6 Å². The maximum absolute atomic E-state index is 15.0. The number of imidazole rings is 1. The number of nitrogens with one attached hydrogen (secondary N) is 15. The highest BCUT2D eigenvalue weighted by molar-refractivity contribution is 8.76. The largest absolute Gasteiger partial charge is 0.481 e. The summed E-state index contributed by atoms with van der Waals surface area (Å²) in [5.74, 6) is -14.5. The molecule has 0 bridgehead atoms.